The van der Waals surface area contributed by atoms with E-state index in [1.54, 1.807) is 12.1 Å². The van der Waals surface area contributed by atoms with Crippen LogP contribution in [0.4, 0.5) is 11.4 Å². The van der Waals surface area contributed by atoms with Crippen LogP contribution in [0.15, 0.2) is 36.4 Å². The molecule has 4 heteroatoms. The van der Waals surface area contributed by atoms with Crippen molar-refractivity contribution in [2.45, 2.75) is 13.8 Å². The number of aryl methyl sites for hydroxylation is 1. The van der Waals surface area contributed by atoms with Gasteiger partial charge in [0.05, 0.1) is 11.3 Å². The number of carbonyl (C=O) groups is 1. The highest BCUT2D eigenvalue weighted by molar-refractivity contribution is 5.92. The molecule has 2 aromatic carbocycles. The van der Waals surface area contributed by atoms with E-state index in [0.717, 1.165) is 22.5 Å². The third kappa shape index (κ3) is 2.99. The molecule has 0 atom stereocenters. The lowest BCUT2D eigenvalue weighted by molar-refractivity contribution is 0.0734. The van der Waals surface area contributed by atoms with Gasteiger partial charge in [0, 0.05) is 19.8 Å². The SMILES string of the molecule is CNc1cc(C)c(OC(=O)c2ccccc2)c(NC)c1C. The molecule has 0 aliphatic rings. The van der Waals surface area contributed by atoms with Gasteiger partial charge >= 0.3 is 5.97 Å². The predicted molar refractivity (Wildman–Crippen MR) is 86.4 cm³/mol. The van der Waals surface area contributed by atoms with Gasteiger partial charge in [-0.15, -0.1) is 0 Å². The Morgan fingerprint density at radius 2 is 1.71 bits per heavy atom. The van der Waals surface area contributed by atoms with Crippen molar-refractivity contribution in [3.8, 4) is 5.75 Å². The molecule has 0 amide bonds. The highest BCUT2D eigenvalue weighted by Crippen LogP contribution is 2.37. The molecule has 0 saturated carbocycles. The summed E-state index contributed by atoms with van der Waals surface area (Å²) < 4.78 is 5.60. The van der Waals surface area contributed by atoms with Crippen molar-refractivity contribution in [2.24, 2.45) is 0 Å². The van der Waals surface area contributed by atoms with Crippen molar-refractivity contribution in [3.05, 3.63) is 53.1 Å². The molecule has 0 fully saturated rings. The summed E-state index contributed by atoms with van der Waals surface area (Å²) in [6, 6.07) is 11.0. The number of esters is 1. The van der Waals surface area contributed by atoms with Gasteiger partial charge in [0.25, 0.3) is 0 Å². The van der Waals surface area contributed by atoms with Crippen molar-refractivity contribution in [1.82, 2.24) is 0 Å². The van der Waals surface area contributed by atoms with Gasteiger partial charge in [-0.3, -0.25) is 0 Å². The second kappa shape index (κ2) is 6.31. The highest BCUT2D eigenvalue weighted by Gasteiger charge is 2.17. The van der Waals surface area contributed by atoms with E-state index < -0.39 is 0 Å². The maximum atomic E-state index is 12.2. The minimum Gasteiger partial charge on any atom is -0.420 e. The van der Waals surface area contributed by atoms with Gasteiger partial charge in [-0.2, -0.15) is 0 Å². The Morgan fingerprint density at radius 3 is 2.29 bits per heavy atom. The van der Waals surface area contributed by atoms with Crippen LogP contribution in [-0.2, 0) is 0 Å². The van der Waals surface area contributed by atoms with Gasteiger partial charge in [-0.25, -0.2) is 4.79 Å². The van der Waals surface area contributed by atoms with Crippen LogP contribution >= 0.6 is 0 Å². The lowest BCUT2D eigenvalue weighted by Crippen LogP contribution is -2.12. The summed E-state index contributed by atoms with van der Waals surface area (Å²) in [5.74, 6) is 0.217. The fourth-order valence-corrected chi connectivity index (χ4v) is 2.31. The van der Waals surface area contributed by atoms with E-state index in [2.05, 4.69) is 10.6 Å². The van der Waals surface area contributed by atoms with Crippen LogP contribution in [0.2, 0.25) is 0 Å². The molecule has 0 radical (unpaired) electrons. The summed E-state index contributed by atoms with van der Waals surface area (Å²) in [5, 5.41) is 6.26. The lowest BCUT2D eigenvalue weighted by Gasteiger charge is -2.18. The van der Waals surface area contributed by atoms with Crippen molar-refractivity contribution in [2.75, 3.05) is 24.7 Å². The minimum absolute atomic E-state index is 0.355. The van der Waals surface area contributed by atoms with Crippen LogP contribution in [0.3, 0.4) is 0 Å². The van der Waals surface area contributed by atoms with E-state index in [1.807, 2.05) is 52.2 Å². The topological polar surface area (TPSA) is 50.4 Å². The maximum Gasteiger partial charge on any atom is 0.343 e. The number of benzene rings is 2. The number of carbonyl (C=O) groups excluding carboxylic acids is 1. The Balaban J connectivity index is 2.40. The van der Waals surface area contributed by atoms with Crippen molar-refractivity contribution >= 4 is 17.3 Å². The molecule has 2 aromatic rings. The molecule has 0 aliphatic carbocycles. The number of ether oxygens (including phenoxy) is 1. The first-order chi connectivity index (χ1) is 10.1. The molecule has 2 rings (SSSR count). The first-order valence-corrected chi connectivity index (χ1v) is 6.85. The van der Waals surface area contributed by atoms with Crippen LogP contribution in [0, 0.1) is 13.8 Å². The van der Waals surface area contributed by atoms with Gasteiger partial charge in [-0.05, 0) is 43.2 Å². The second-order valence-electron chi connectivity index (χ2n) is 4.83. The molecule has 0 spiro atoms. The quantitative estimate of drug-likeness (QED) is 0.665. The summed E-state index contributed by atoms with van der Waals surface area (Å²) in [6.45, 7) is 3.91. The molecule has 0 bridgehead atoms. The average molecular weight is 284 g/mol. The standard InChI is InChI=1S/C17H20N2O2/c1-11-10-14(18-3)12(2)15(19-4)16(11)21-17(20)13-8-6-5-7-9-13/h5-10,18-19H,1-4H3. The molecule has 110 valence electrons. The van der Waals surface area contributed by atoms with E-state index in [1.165, 1.54) is 0 Å². The minimum atomic E-state index is -0.355. The molecule has 0 heterocycles. The average Bonchev–Trinajstić information content (AvgIpc) is 2.51. The number of hydrogen-bond acceptors (Lipinski definition) is 4. The maximum absolute atomic E-state index is 12.2. The van der Waals surface area contributed by atoms with Crippen molar-refractivity contribution < 1.29 is 9.53 Å². The van der Waals surface area contributed by atoms with Crippen LogP contribution in [-0.4, -0.2) is 20.1 Å². The Hall–Kier alpha value is -2.49. The summed E-state index contributed by atoms with van der Waals surface area (Å²) in [4.78, 5) is 12.2. The number of nitrogens with one attached hydrogen (secondary N) is 2. The van der Waals surface area contributed by atoms with Gasteiger partial charge in [0.1, 0.15) is 0 Å². The molecule has 0 unspecified atom stereocenters. The van der Waals surface area contributed by atoms with Gasteiger partial charge in [-0.1, -0.05) is 18.2 Å². The third-order valence-corrected chi connectivity index (χ3v) is 3.45. The van der Waals surface area contributed by atoms with E-state index in [-0.39, 0.29) is 5.97 Å². The zero-order valence-electron chi connectivity index (χ0n) is 12.8. The van der Waals surface area contributed by atoms with E-state index in [4.69, 9.17) is 4.74 Å². The smallest absolute Gasteiger partial charge is 0.343 e. The first-order valence-electron chi connectivity index (χ1n) is 6.85. The Labute approximate surface area is 125 Å². The van der Waals surface area contributed by atoms with Crippen LogP contribution in [0.5, 0.6) is 5.75 Å². The molecule has 21 heavy (non-hydrogen) atoms. The molecular formula is C17H20N2O2. The fourth-order valence-electron chi connectivity index (χ4n) is 2.31. The zero-order valence-corrected chi connectivity index (χ0v) is 12.8. The molecule has 2 N–H and O–H groups in total. The predicted octanol–water partition coefficient (Wildman–Crippen LogP) is 3.61. The number of rotatable bonds is 4. The summed E-state index contributed by atoms with van der Waals surface area (Å²) in [5.41, 5.74) is 4.29. The summed E-state index contributed by atoms with van der Waals surface area (Å²) in [6.07, 6.45) is 0. The zero-order chi connectivity index (χ0) is 15.4. The van der Waals surface area contributed by atoms with Crippen LogP contribution in [0.25, 0.3) is 0 Å². The fraction of sp³-hybridized carbons (Fsp3) is 0.235. The highest BCUT2D eigenvalue weighted by atomic mass is 16.5. The van der Waals surface area contributed by atoms with Crippen molar-refractivity contribution in [1.29, 1.82) is 0 Å². The van der Waals surface area contributed by atoms with E-state index in [0.29, 0.717) is 11.3 Å². The second-order valence-corrected chi connectivity index (χ2v) is 4.83. The molecule has 0 saturated heterocycles. The summed E-state index contributed by atoms with van der Waals surface area (Å²) >= 11 is 0. The van der Waals surface area contributed by atoms with Gasteiger partial charge in [0.15, 0.2) is 5.75 Å². The molecule has 0 aliphatic heterocycles. The first kappa shape index (κ1) is 14.9. The number of hydrogen-bond donors (Lipinski definition) is 2. The van der Waals surface area contributed by atoms with Crippen LogP contribution < -0.4 is 15.4 Å². The largest absolute Gasteiger partial charge is 0.420 e. The molecule has 4 nitrogen and oxygen atoms in total. The summed E-state index contributed by atoms with van der Waals surface area (Å²) in [7, 11) is 3.69. The molecule has 0 aromatic heterocycles. The van der Waals surface area contributed by atoms with E-state index in [9.17, 15) is 4.79 Å². The van der Waals surface area contributed by atoms with Crippen molar-refractivity contribution in [3.63, 3.8) is 0 Å². The Bertz CT molecular complexity index is 652. The Kier molecular flexibility index (Phi) is 4.48. The van der Waals surface area contributed by atoms with Gasteiger partial charge < -0.3 is 15.4 Å². The van der Waals surface area contributed by atoms with Gasteiger partial charge in [0.2, 0.25) is 0 Å². The normalized spacial score (nSPS) is 10.1. The lowest BCUT2D eigenvalue weighted by atomic mass is 10.1. The van der Waals surface area contributed by atoms with E-state index >= 15 is 0 Å². The van der Waals surface area contributed by atoms with Crippen LogP contribution in [0.1, 0.15) is 21.5 Å². The monoisotopic (exact) mass is 284 g/mol. The molecular weight excluding hydrogens is 264 g/mol. The Morgan fingerprint density at radius 1 is 1.05 bits per heavy atom. The third-order valence-electron chi connectivity index (χ3n) is 3.45. The number of anilines is 2.